The first-order chi connectivity index (χ1) is 22.0. The second-order valence-electron chi connectivity index (χ2n) is 11.3. The minimum Gasteiger partial charge on any atom is -0.460 e. The van der Waals surface area contributed by atoms with Crippen molar-refractivity contribution in [3.8, 4) is 0 Å². The molecule has 3 rings (SSSR count). The first kappa shape index (κ1) is 36.2. The van der Waals surface area contributed by atoms with E-state index in [1.54, 1.807) is 19.1 Å². The number of carbonyl (C=O) groups is 5. The summed E-state index contributed by atoms with van der Waals surface area (Å²) in [5, 5.41) is 6.14. The van der Waals surface area contributed by atoms with Crippen LogP contribution in [0.25, 0.3) is 0 Å². The van der Waals surface area contributed by atoms with Gasteiger partial charge in [0.25, 0.3) is 5.91 Å². The lowest BCUT2D eigenvalue weighted by molar-refractivity contribution is -0.160. The molecule has 0 unspecified atom stereocenters. The van der Waals surface area contributed by atoms with Crippen molar-refractivity contribution in [2.24, 2.45) is 11.3 Å². The summed E-state index contributed by atoms with van der Waals surface area (Å²) in [6, 6.07) is 16.0. The Morgan fingerprint density at radius 2 is 1.46 bits per heavy atom. The van der Waals surface area contributed by atoms with Crippen LogP contribution in [0, 0.1) is 18.3 Å². The van der Waals surface area contributed by atoms with Gasteiger partial charge in [-0.15, -0.1) is 11.3 Å². The average molecular weight is 652 g/mol. The van der Waals surface area contributed by atoms with Crippen LogP contribution in [0.2, 0.25) is 0 Å². The largest absolute Gasteiger partial charge is 0.460 e. The maximum atomic E-state index is 13.9. The van der Waals surface area contributed by atoms with Crippen LogP contribution in [-0.2, 0) is 46.4 Å². The van der Waals surface area contributed by atoms with E-state index in [0.717, 1.165) is 11.1 Å². The molecular formula is C34H41N3O8S. The van der Waals surface area contributed by atoms with Gasteiger partial charge in [0.1, 0.15) is 22.9 Å². The van der Waals surface area contributed by atoms with Gasteiger partial charge in [0.2, 0.25) is 5.91 Å². The molecule has 0 bridgehead atoms. The van der Waals surface area contributed by atoms with Crippen LogP contribution in [-0.4, -0.2) is 73.9 Å². The van der Waals surface area contributed by atoms with Crippen LogP contribution in [0.4, 0.5) is 0 Å². The predicted molar refractivity (Wildman–Crippen MR) is 172 cm³/mol. The molecule has 12 heteroatoms. The van der Waals surface area contributed by atoms with Gasteiger partial charge in [-0.3, -0.25) is 24.0 Å². The maximum absolute atomic E-state index is 13.9. The van der Waals surface area contributed by atoms with Crippen molar-refractivity contribution in [1.29, 1.82) is 0 Å². The van der Waals surface area contributed by atoms with E-state index in [0.29, 0.717) is 9.88 Å². The number of rotatable bonds is 18. The number of nitrogens with zero attached hydrogens (tertiary/aromatic N) is 1. The minimum absolute atomic E-state index is 0.00803. The van der Waals surface area contributed by atoms with E-state index in [1.165, 1.54) is 45.6 Å². The number of esters is 1. The number of carbonyl (C=O) groups excluding carboxylic acids is 5. The first-order valence-corrected chi connectivity index (χ1v) is 15.6. The van der Waals surface area contributed by atoms with Gasteiger partial charge in [0, 0.05) is 20.6 Å². The summed E-state index contributed by atoms with van der Waals surface area (Å²) in [6.07, 6.45) is 1.23. The normalized spacial score (nSPS) is 13.2. The Morgan fingerprint density at radius 3 is 2.02 bits per heavy atom. The van der Waals surface area contributed by atoms with Crippen molar-refractivity contribution in [2.45, 2.75) is 52.3 Å². The molecule has 11 nitrogen and oxygen atoms in total. The Labute approximate surface area is 273 Å². The zero-order valence-corrected chi connectivity index (χ0v) is 27.6. The fourth-order valence-electron chi connectivity index (χ4n) is 4.68. The van der Waals surface area contributed by atoms with Crippen molar-refractivity contribution in [2.75, 3.05) is 27.4 Å². The van der Waals surface area contributed by atoms with Crippen LogP contribution >= 0.6 is 11.3 Å². The number of amides is 2. The van der Waals surface area contributed by atoms with Gasteiger partial charge in [-0.2, -0.15) is 0 Å². The number of benzene rings is 2. The molecule has 1 heterocycles. The number of hydrogen-bond acceptors (Lipinski definition) is 10. The predicted octanol–water partition coefficient (Wildman–Crippen LogP) is 3.48. The number of Topliss-reactive ketones (excluding diaryl/α,β-unsaturated/α-hetero) is 2. The molecule has 2 amide bonds. The molecule has 46 heavy (non-hydrogen) atoms. The van der Waals surface area contributed by atoms with E-state index in [2.05, 4.69) is 15.6 Å². The van der Waals surface area contributed by atoms with Crippen molar-refractivity contribution in [3.05, 3.63) is 87.9 Å². The zero-order valence-electron chi connectivity index (χ0n) is 26.7. The molecule has 0 radical (unpaired) electrons. The van der Waals surface area contributed by atoms with Crippen molar-refractivity contribution in [3.63, 3.8) is 0 Å². The van der Waals surface area contributed by atoms with Crippen molar-refractivity contribution < 1.29 is 38.2 Å². The summed E-state index contributed by atoms with van der Waals surface area (Å²) in [7, 11) is 2.79. The van der Waals surface area contributed by atoms with Crippen LogP contribution in [0.1, 0.15) is 46.1 Å². The highest BCUT2D eigenvalue weighted by atomic mass is 32.1. The van der Waals surface area contributed by atoms with Gasteiger partial charge in [-0.25, -0.2) is 4.98 Å². The Balaban J connectivity index is 1.77. The number of methoxy groups -OCH3 is 2. The molecule has 1 aromatic heterocycles. The highest BCUT2D eigenvalue weighted by Crippen LogP contribution is 2.24. The second-order valence-corrected chi connectivity index (χ2v) is 12.6. The summed E-state index contributed by atoms with van der Waals surface area (Å²) in [5.41, 5.74) is -0.0719. The lowest BCUT2D eigenvalue weighted by Crippen LogP contribution is -2.53. The summed E-state index contributed by atoms with van der Waals surface area (Å²) in [4.78, 5) is 71.3. The smallest absolute Gasteiger partial charge is 0.319 e. The first-order valence-electron chi connectivity index (χ1n) is 14.8. The highest BCUT2D eigenvalue weighted by Gasteiger charge is 2.43. The SMILES string of the molecule is COC[C@H](CC(=O)[C@H](COC)NC(=O)c1cnc(C)s1)C(=O)N[C@@H](Cc1ccccc1)C(=O)C(C)(C)C(=O)OCc1ccccc1. The van der Waals surface area contributed by atoms with E-state index in [-0.39, 0.29) is 32.7 Å². The summed E-state index contributed by atoms with van der Waals surface area (Å²) in [6.45, 7) is 4.44. The van der Waals surface area contributed by atoms with E-state index in [4.69, 9.17) is 14.2 Å². The fourth-order valence-corrected chi connectivity index (χ4v) is 5.36. The van der Waals surface area contributed by atoms with E-state index >= 15 is 0 Å². The average Bonchev–Trinajstić information content (AvgIpc) is 3.49. The van der Waals surface area contributed by atoms with Gasteiger partial charge >= 0.3 is 5.97 Å². The molecule has 0 aliphatic carbocycles. The molecule has 3 aromatic rings. The lowest BCUT2D eigenvalue weighted by atomic mass is 9.82. The third-order valence-electron chi connectivity index (χ3n) is 7.31. The molecule has 2 N–H and O–H groups in total. The molecule has 0 spiro atoms. The Kier molecular flexibility index (Phi) is 13.7. The van der Waals surface area contributed by atoms with Crippen molar-refractivity contribution >= 4 is 40.7 Å². The third-order valence-corrected chi connectivity index (χ3v) is 8.22. The standard InChI is InChI=1S/C34H41N3O8S/c1-22-35-18-29(46-22)32(41)37-27(21-44-5)28(38)17-25(20-43-4)31(40)36-26(16-23-12-8-6-9-13-23)30(39)34(2,3)33(42)45-19-24-14-10-7-11-15-24/h6-15,18,25-27H,16-17,19-21H2,1-5H3,(H,36,40)(H,37,41)/t25-,26-,27-/m0/s1. The van der Waals surface area contributed by atoms with Gasteiger partial charge in [0.15, 0.2) is 11.6 Å². The third kappa shape index (κ3) is 10.4. The molecule has 0 aliphatic heterocycles. The lowest BCUT2D eigenvalue weighted by Gasteiger charge is -2.29. The van der Waals surface area contributed by atoms with Crippen LogP contribution < -0.4 is 10.6 Å². The van der Waals surface area contributed by atoms with Crippen molar-refractivity contribution in [1.82, 2.24) is 15.6 Å². The number of thiazole rings is 1. The number of aromatic nitrogens is 1. The number of ketones is 2. The molecule has 3 atom stereocenters. The number of aryl methyl sites for hydroxylation is 1. The van der Waals surface area contributed by atoms with Gasteiger partial charge < -0.3 is 24.8 Å². The Bertz CT molecular complexity index is 1480. The van der Waals surface area contributed by atoms with Gasteiger partial charge in [-0.1, -0.05) is 60.7 Å². The summed E-state index contributed by atoms with van der Waals surface area (Å²) < 4.78 is 15.9. The van der Waals surface area contributed by atoms with Gasteiger partial charge in [0.05, 0.1) is 36.4 Å². The fraction of sp³-hybridized carbons (Fsp3) is 0.412. The van der Waals surface area contributed by atoms with E-state index < -0.39 is 52.8 Å². The molecule has 0 saturated carbocycles. The monoisotopic (exact) mass is 651 g/mol. The number of nitrogens with one attached hydrogen (secondary N) is 2. The molecular weight excluding hydrogens is 610 g/mol. The maximum Gasteiger partial charge on any atom is 0.319 e. The molecule has 246 valence electrons. The second kappa shape index (κ2) is 17.4. The summed E-state index contributed by atoms with van der Waals surface area (Å²) in [5.74, 6) is -3.83. The number of ether oxygens (including phenoxy) is 3. The Hall–Kier alpha value is -4.26. The van der Waals surface area contributed by atoms with Crippen LogP contribution in [0.15, 0.2) is 66.9 Å². The van der Waals surface area contributed by atoms with Crippen LogP contribution in [0.5, 0.6) is 0 Å². The highest BCUT2D eigenvalue weighted by molar-refractivity contribution is 7.13. The quantitative estimate of drug-likeness (QED) is 0.156. The Morgan fingerprint density at radius 1 is 0.848 bits per heavy atom. The minimum atomic E-state index is -1.60. The van der Waals surface area contributed by atoms with E-state index in [1.807, 2.05) is 48.5 Å². The summed E-state index contributed by atoms with van der Waals surface area (Å²) >= 11 is 1.19. The molecule has 0 aliphatic rings. The van der Waals surface area contributed by atoms with E-state index in [9.17, 15) is 24.0 Å². The zero-order chi connectivity index (χ0) is 33.7. The molecule has 2 aromatic carbocycles. The molecule has 0 saturated heterocycles. The number of hydrogen-bond donors (Lipinski definition) is 2. The van der Waals surface area contributed by atoms with Crippen LogP contribution in [0.3, 0.4) is 0 Å². The molecule has 0 fully saturated rings. The topological polar surface area (TPSA) is 150 Å². The van der Waals surface area contributed by atoms with Gasteiger partial charge in [-0.05, 0) is 38.3 Å².